The number of alkyl halides is 3. The van der Waals surface area contributed by atoms with E-state index >= 15 is 0 Å². The Bertz CT molecular complexity index is 1160. The molecule has 1 aliphatic heterocycles. The number of rotatable bonds is 6. The number of fused-ring (bicyclic) bond motifs is 1. The van der Waals surface area contributed by atoms with Crippen LogP contribution in [0.15, 0.2) is 65.5 Å². The number of aliphatic hydroxyl groups is 1. The van der Waals surface area contributed by atoms with E-state index in [0.717, 1.165) is 5.56 Å². The van der Waals surface area contributed by atoms with Crippen molar-refractivity contribution >= 4 is 11.8 Å². The second kappa shape index (κ2) is 8.33. The van der Waals surface area contributed by atoms with E-state index in [9.17, 15) is 22.7 Å². The summed E-state index contributed by atoms with van der Waals surface area (Å²) in [6, 6.07) is 10.9. The lowest BCUT2D eigenvalue weighted by Crippen LogP contribution is -2.56. The molecule has 4 rings (SSSR count). The van der Waals surface area contributed by atoms with Gasteiger partial charge in [0.05, 0.1) is 12.7 Å². The van der Waals surface area contributed by atoms with Crippen molar-refractivity contribution in [3.8, 4) is 11.3 Å². The molecule has 33 heavy (non-hydrogen) atoms. The van der Waals surface area contributed by atoms with Crippen LogP contribution in [0.1, 0.15) is 31.4 Å². The van der Waals surface area contributed by atoms with Crippen molar-refractivity contribution in [1.82, 2.24) is 4.98 Å². The molecule has 0 saturated heterocycles. The lowest BCUT2D eigenvalue weighted by molar-refractivity contribution is -0.262. The Morgan fingerprint density at radius 1 is 1.12 bits per heavy atom. The van der Waals surface area contributed by atoms with Gasteiger partial charge in [0.15, 0.2) is 17.8 Å². The highest BCUT2D eigenvalue weighted by molar-refractivity contribution is 5.71. The maximum absolute atomic E-state index is 14.3. The molecule has 0 bridgehead atoms. The summed E-state index contributed by atoms with van der Waals surface area (Å²) in [5.41, 5.74) is -2.20. The van der Waals surface area contributed by atoms with E-state index in [1.165, 1.54) is 35.7 Å². The number of oxazole rings is 1. The zero-order valence-electron chi connectivity index (χ0n) is 18.2. The maximum Gasteiger partial charge on any atom is 0.418 e. The van der Waals surface area contributed by atoms with Gasteiger partial charge < -0.3 is 14.4 Å². The molecule has 0 spiro atoms. The molecule has 0 aliphatic carbocycles. The van der Waals surface area contributed by atoms with Crippen molar-refractivity contribution in [3.63, 3.8) is 0 Å². The van der Waals surface area contributed by atoms with Gasteiger partial charge >= 0.3 is 6.18 Å². The number of aromatic nitrogens is 1. The average Bonchev–Trinajstić information content (AvgIpc) is 3.27. The summed E-state index contributed by atoms with van der Waals surface area (Å²) >= 11 is 0. The summed E-state index contributed by atoms with van der Waals surface area (Å²) < 4.78 is 62.5. The van der Waals surface area contributed by atoms with Gasteiger partial charge in [-0.1, -0.05) is 44.2 Å². The van der Waals surface area contributed by atoms with E-state index in [-0.39, 0.29) is 6.54 Å². The predicted octanol–water partition coefficient (Wildman–Crippen LogP) is 5.98. The Morgan fingerprint density at radius 3 is 2.58 bits per heavy atom. The molecule has 174 valence electrons. The monoisotopic (exact) mass is 460 g/mol. The van der Waals surface area contributed by atoms with E-state index in [4.69, 9.17) is 4.42 Å². The van der Waals surface area contributed by atoms with Crippen molar-refractivity contribution in [2.24, 2.45) is 0 Å². The molecule has 0 fully saturated rings. The fourth-order valence-corrected chi connectivity index (χ4v) is 4.50. The number of β-amino-alcohol motifs (C(OH)–C–C–N with tert-alkyl or cyclic N) is 1. The van der Waals surface area contributed by atoms with Crippen LogP contribution in [-0.2, 0) is 5.41 Å². The lowest BCUT2D eigenvalue weighted by atomic mass is 9.72. The Morgan fingerprint density at radius 2 is 1.88 bits per heavy atom. The van der Waals surface area contributed by atoms with E-state index < -0.39 is 36.0 Å². The molecule has 3 aromatic rings. The molecular formula is C25H24F4N2O2. The third-order valence-corrected chi connectivity index (χ3v) is 6.02. The highest BCUT2D eigenvalue weighted by atomic mass is 19.4. The van der Waals surface area contributed by atoms with Crippen molar-refractivity contribution in [2.45, 2.75) is 37.5 Å². The maximum atomic E-state index is 14.3. The molecule has 2 heterocycles. The second-order valence-electron chi connectivity index (χ2n) is 8.99. The van der Waals surface area contributed by atoms with Gasteiger partial charge in [0, 0.05) is 17.8 Å². The van der Waals surface area contributed by atoms with Crippen molar-refractivity contribution < 1.29 is 27.1 Å². The van der Waals surface area contributed by atoms with Gasteiger partial charge in [-0.2, -0.15) is 13.2 Å². The second-order valence-corrected chi connectivity index (χ2v) is 8.99. The van der Waals surface area contributed by atoms with Crippen molar-refractivity contribution in [1.29, 1.82) is 0 Å². The van der Waals surface area contributed by atoms with E-state index in [1.807, 2.05) is 12.1 Å². The van der Waals surface area contributed by atoms with Crippen molar-refractivity contribution in [2.75, 3.05) is 18.0 Å². The van der Waals surface area contributed by atoms with Gasteiger partial charge in [-0.3, -0.25) is 0 Å². The fraction of sp³-hybridized carbons (Fsp3) is 0.320. The summed E-state index contributed by atoms with van der Waals surface area (Å²) in [5, 5.41) is 11.1. The number of para-hydroxylation sites is 1. The molecule has 1 atom stereocenters. The lowest BCUT2D eigenvalue weighted by Gasteiger charge is -2.42. The summed E-state index contributed by atoms with van der Waals surface area (Å²) in [6.07, 6.45) is 0.622. The predicted molar refractivity (Wildman–Crippen MR) is 118 cm³/mol. The Balaban J connectivity index is 1.71. The molecule has 1 aromatic heterocycles. The van der Waals surface area contributed by atoms with Crippen LogP contribution in [-0.4, -0.2) is 35.0 Å². The van der Waals surface area contributed by atoms with Crippen LogP contribution in [0.4, 0.5) is 23.2 Å². The van der Waals surface area contributed by atoms with Crippen LogP contribution >= 0.6 is 0 Å². The average molecular weight is 460 g/mol. The van der Waals surface area contributed by atoms with Crippen LogP contribution in [0.25, 0.3) is 17.4 Å². The Hall–Kier alpha value is -3.13. The third kappa shape index (κ3) is 4.53. The summed E-state index contributed by atoms with van der Waals surface area (Å²) in [7, 11) is 0. The number of hydrogen-bond donors (Lipinski definition) is 1. The van der Waals surface area contributed by atoms with Gasteiger partial charge in [-0.25, -0.2) is 9.37 Å². The minimum absolute atomic E-state index is 0.235. The first-order valence-corrected chi connectivity index (χ1v) is 10.5. The minimum atomic E-state index is -4.92. The Kier molecular flexibility index (Phi) is 5.82. The van der Waals surface area contributed by atoms with Crippen LogP contribution in [0.3, 0.4) is 0 Å². The number of benzene rings is 2. The Labute approximate surface area is 189 Å². The van der Waals surface area contributed by atoms with Gasteiger partial charge in [-0.05, 0) is 47.2 Å². The van der Waals surface area contributed by atoms with Crippen LogP contribution in [0.2, 0.25) is 0 Å². The SMILES string of the molecule is CC(C)(CC(O)(CN1CC=Cc2ccccc21)C(F)(F)F)c1cc(F)ccc1-c1cnco1. The number of anilines is 1. The molecule has 0 radical (unpaired) electrons. The fourth-order valence-electron chi connectivity index (χ4n) is 4.50. The van der Waals surface area contributed by atoms with E-state index in [1.54, 1.807) is 38.1 Å². The number of nitrogens with zero attached hydrogens (tertiary/aromatic N) is 2. The molecule has 0 saturated carbocycles. The standard InChI is InChI=1S/C25H24F4N2O2/c1-23(2,20-12-18(26)9-10-19(20)22-13-30-16-33-22)14-24(32,25(27,28)29)15-31-11-5-7-17-6-3-4-8-21(17)31/h3-10,12-13,16,32H,11,14-15H2,1-2H3. The van der Waals surface area contributed by atoms with Gasteiger partial charge in [0.1, 0.15) is 5.82 Å². The first kappa shape index (κ1) is 23.0. The van der Waals surface area contributed by atoms with Gasteiger partial charge in [0.2, 0.25) is 0 Å². The van der Waals surface area contributed by atoms with E-state index in [2.05, 4.69) is 4.98 Å². The summed E-state index contributed by atoms with van der Waals surface area (Å²) in [4.78, 5) is 5.37. The molecule has 1 N–H and O–H groups in total. The summed E-state index contributed by atoms with van der Waals surface area (Å²) in [6.45, 7) is 2.69. The van der Waals surface area contributed by atoms with Crippen molar-refractivity contribution in [3.05, 3.63) is 78.1 Å². The van der Waals surface area contributed by atoms with Crippen LogP contribution in [0, 0.1) is 5.82 Å². The van der Waals surface area contributed by atoms with Gasteiger partial charge in [0.25, 0.3) is 0 Å². The highest BCUT2D eigenvalue weighted by Gasteiger charge is 2.57. The largest absolute Gasteiger partial charge is 0.444 e. The van der Waals surface area contributed by atoms with E-state index in [0.29, 0.717) is 22.6 Å². The molecule has 8 heteroatoms. The summed E-state index contributed by atoms with van der Waals surface area (Å²) in [5.74, 6) is -0.282. The molecule has 1 aliphatic rings. The smallest absolute Gasteiger partial charge is 0.418 e. The topological polar surface area (TPSA) is 49.5 Å². The van der Waals surface area contributed by atoms with Crippen LogP contribution < -0.4 is 4.90 Å². The first-order valence-electron chi connectivity index (χ1n) is 10.5. The van der Waals surface area contributed by atoms with Crippen LogP contribution in [0.5, 0.6) is 0 Å². The number of hydrogen-bond acceptors (Lipinski definition) is 4. The van der Waals surface area contributed by atoms with Gasteiger partial charge in [-0.15, -0.1) is 0 Å². The minimum Gasteiger partial charge on any atom is -0.444 e. The molecule has 4 nitrogen and oxygen atoms in total. The third-order valence-electron chi connectivity index (χ3n) is 6.02. The molecule has 1 unspecified atom stereocenters. The zero-order valence-corrected chi connectivity index (χ0v) is 18.2. The highest BCUT2D eigenvalue weighted by Crippen LogP contribution is 2.45. The number of halogens is 4. The first-order chi connectivity index (χ1) is 15.5. The normalized spacial score (nSPS) is 15.9. The molecule has 2 aromatic carbocycles. The quantitative estimate of drug-likeness (QED) is 0.460. The molecule has 0 amide bonds. The molecular weight excluding hydrogens is 436 g/mol. The zero-order chi connectivity index (χ0) is 23.9.